The van der Waals surface area contributed by atoms with Crippen LogP contribution in [-0.2, 0) is 4.74 Å². The topological polar surface area (TPSA) is 9.23 Å². The molecule has 0 heterocycles. The molecule has 0 bridgehead atoms. The van der Waals surface area contributed by atoms with Crippen LogP contribution in [-0.4, -0.2) is 18.5 Å². The Balaban J connectivity index is 2.02. The molecule has 0 radical (unpaired) electrons. The fraction of sp³-hybridized carbons (Fsp3) is 0.750. The van der Waals surface area contributed by atoms with Gasteiger partial charge in [-0.1, -0.05) is 31.0 Å². The molecule has 2 aliphatic rings. The van der Waals surface area contributed by atoms with Crippen molar-refractivity contribution < 1.29 is 22.3 Å². The first-order valence-corrected chi connectivity index (χ1v) is 8.02. The van der Waals surface area contributed by atoms with Gasteiger partial charge in [0, 0.05) is 11.5 Å². The van der Waals surface area contributed by atoms with E-state index in [1.807, 2.05) is 13.8 Å². The van der Waals surface area contributed by atoms with Gasteiger partial charge in [-0.2, -0.15) is 13.2 Å². The molecule has 2 rings (SSSR count). The normalized spacial score (nSPS) is 30.5. The molecule has 0 spiro atoms. The lowest BCUT2D eigenvalue weighted by atomic mass is 9.88. The summed E-state index contributed by atoms with van der Waals surface area (Å²) in [4.78, 5) is 0. The molecule has 0 aromatic rings. The van der Waals surface area contributed by atoms with E-state index < -0.39 is 18.3 Å². The summed E-state index contributed by atoms with van der Waals surface area (Å²) < 4.78 is 58.0. The first kappa shape index (κ1) is 17.6. The monoisotopic (exact) mass is 340 g/mol. The minimum absolute atomic E-state index is 0.170. The van der Waals surface area contributed by atoms with Crippen LogP contribution in [0.5, 0.6) is 0 Å². The molecule has 0 aliphatic heterocycles. The van der Waals surface area contributed by atoms with Crippen molar-refractivity contribution in [2.45, 2.75) is 64.4 Å². The minimum atomic E-state index is -4.53. The van der Waals surface area contributed by atoms with Gasteiger partial charge in [0.1, 0.15) is 11.9 Å². The lowest BCUT2D eigenvalue weighted by Gasteiger charge is -2.33. The Kier molecular flexibility index (Phi) is 5.46. The highest BCUT2D eigenvalue weighted by molar-refractivity contribution is 6.30. The summed E-state index contributed by atoms with van der Waals surface area (Å²) in [5, 5.41) is 0.699. The van der Waals surface area contributed by atoms with Crippen LogP contribution in [0, 0.1) is 11.8 Å². The Hall–Kier alpha value is -0.710. The predicted molar refractivity (Wildman–Crippen MR) is 78.2 cm³/mol. The van der Waals surface area contributed by atoms with Crippen LogP contribution in [0.4, 0.5) is 17.6 Å². The quantitative estimate of drug-likeness (QED) is 0.581. The number of rotatable bonds is 3. The fourth-order valence-corrected chi connectivity index (χ4v) is 3.57. The second-order valence-electron chi connectivity index (χ2n) is 6.30. The number of hydrogen-bond donors (Lipinski definition) is 0. The number of alkyl halides is 4. The van der Waals surface area contributed by atoms with E-state index in [0.29, 0.717) is 23.8 Å². The SMILES string of the molecule is CC(C)C1=C(Cl)CC(OC2=CCCC(C(F)(F)F)C2F)CC1. The Morgan fingerprint density at radius 1 is 1.27 bits per heavy atom. The molecule has 3 unspecified atom stereocenters. The van der Waals surface area contributed by atoms with Crippen molar-refractivity contribution in [1.82, 2.24) is 0 Å². The first-order valence-electron chi connectivity index (χ1n) is 7.65. The van der Waals surface area contributed by atoms with Gasteiger partial charge in [-0.3, -0.25) is 0 Å². The van der Waals surface area contributed by atoms with Gasteiger partial charge in [0.25, 0.3) is 0 Å². The van der Waals surface area contributed by atoms with Gasteiger partial charge in [-0.15, -0.1) is 0 Å². The minimum Gasteiger partial charge on any atom is -0.492 e. The molecule has 3 atom stereocenters. The van der Waals surface area contributed by atoms with E-state index >= 15 is 0 Å². The van der Waals surface area contributed by atoms with Crippen molar-refractivity contribution >= 4 is 11.6 Å². The smallest absolute Gasteiger partial charge is 0.395 e. The van der Waals surface area contributed by atoms with Crippen molar-refractivity contribution in [2.24, 2.45) is 11.8 Å². The average molecular weight is 341 g/mol. The zero-order chi connectivity index (χ0) is 16.5. The second-order valence-corrected chi connectivity index (χ2v) is 6.76. The third-order valence-electron chi connectivity index (χ3n) is 4.36. The molecule has 0 saturated carbocycles. The summed E-state index contributed by atoms with van der Waals surface area (Å²) in [6.45, 7) is 4.10. The highest BCUT2D eigenvalue weighted by Gasteiger charge is 2.48. The number of hydrogen-bond acceptors (Lipinski definition) is 1. The van der Waals surface area contributed by atoms with Crippen LogP contribution in [0.3, 0.4) is 0 Å². The van der Waals surface area contributed by atoms with Crippen molar-refractivity contribution in [3.05, 3.63) is 22.4 Å². The van der Waals surface area contributed by atoms with Gasteiger partial charge >= 0.3 is 6.18 Å². The van der Waals surface area contributed by atoms with Crippen molar-refractivity contribution in [2.75, 3.05) is 0 Å². The Morgan fingerprint density at radius 3 is 2.50 bits per heavy atom. The van der Waals surface area contributed by atoms with Crippen molar-refractivity contribution in [1.29, 1.82) is 0 Å². The third kappa shape index (κ3) is 3.98. The third-order valence-corrected chi connectivity index (χ3v) is 4.76. The molecule has 0 amide bonds. The average Bonchev–Trinajstić information content (AvgIpc) is 2.39. The number of halogens is 5. The summed E-state index contributed by atoms with van der Waals surface area (Å²) >= 11 is 6.23. The van der Waals surface area contributed by atoms with E-state index in [0.717, 1.165) is 12.0 Å². The molecule has 6 heteroatoms. The lowest BCUT2D eigenvalue weighted by Crippen LogP contribution is -2.36. The zero-order valence-electron chi connectivity index (χ0n) is 12.7. The van der Waals surface area contributed by atoms with Gasteiger partial charge in [0.15, 0.2) is 6.17 Å². The molecule has 2 aliphatic carbocycles. The maximum Gasteiger partial charge on any atom is 0.395 e. The Morgan fingerprint density at radius 2 is 1.95 bits per heavy atom. The van der Waals surface area contributed by atoms with E-state index in [4.69, 9.17) is 16.3 Å². The summed E-state index contributed by atoms with van der Waals surface area (Å²) in [5.41, 5.74) is 1.16. The largest absolute Gasteiger partial charge is 0.492 e. The summed E-state index contributed by atoms with van der Waals surface area (Å²) in [6.07, 6.45) is -3.73. The number of ether oxygens (including phenoxy) is 1. The van der Waals surface area contributed by atoms with Crippen LogP contribution in [0.2, 0.25) is 0 Å². The van der Waals surface area contributed by atoms with Crippen LogP contribution in [0.15, 0.2) is 22.4 Å². The van der Waals surface area contributed by atoms with Gasteiger partial charge in [0.05, 0.1) is 5.92 Å². The lowest BCUT2D eigenvalue weighted by molar-refractivity contribution is -0.194. The standard InChI is InChI=1S/C16H21ClF4O/c1-9(2)11-7-6-10(8-13(11)17)22-14-5-3-4-12(15(14)18)16(19,20)21/h5,9-10,12,15H,3-4,6-8H2,1-2H3. The molecule has 0 N–H and O–H groups in total. The summed E-state index contributed by atoms with van der Waals surface area (Å²) in [7, 11) is 0. The number of allylic oxidation sites excluding steroid dienone is 3. The second kappa shape index (κ2) is 6.81. The highest BCUT2D eigenvalue weighted by Crippen LogP contribution is 2.41. The Bertz CT molecular complexity index is 467. The molecular formula is C16H21ClF4O. The first-order chi connectivity index (χ1) is 10.2. The van der Waals surface area contributed by atoms with Crippen LogP contribution < -0.4 is 0 Å². The zero-order valence-corrected chi connectivity index (χ0v) is 13.5. The van der Waals surface area contributed by atoms with E-state index in [1.54, 1.807) is 0 Å². The van der Waals surface area contributed by atoms with Gasteiger partial charge in [0.2, 0.25) is 0 Å². The maximum absolute atomic E-state index is 14.1. The molecule has 1 nitrogen and oxygen atoms in total. The highest BCUT2D eigenvalue weighted by atomic mass is 35.5. The van der Waals surface area contributed by atoms with E-state index in [-0.39, 0.29) is 24.7 Å². The van der Waals surface area contributed by atoms with Crippen molar-refractivity contribution in [3.8, 4) is 0 Å². The Labute approximate surface area is 133 Å². The molecule has 22 heavy (non-hydrogen) atoms. The van der Waals surface area contributed by atoms with Crippen LogP contribution >= 0.6 is 11.6 Å². The van der Waals surface area contributed by atoms with Gasteiger partial charge < -0.3 is 4.74 Å². The van der Waals surface area contributed by atoms with E-state index in [1.165, 1.54) is 6.08 Å². The molecule has 0 aromatic carbocycles. The summed E-state index contributed by atoms with van der Waals surface area (Å²) in [6, 6.07) is 0. The summed E-state index contributed by atoms with van der Waals surface area (Å²) in [5.74, 6) is -1.80. The van der Waals surface area contributed by atoms with Crippen molar-refractivity contribution in [3.63, 3.8) is 0 Å². The molecule has 0 aromatic heterocycles. The van der Waals surface area contributed by atoms with Gasteiger partial charge in [-0.05, 0) is 37.7 Å². The van der Waals surface area contributed by atoms with E-state index in [9.17, 15) is 17.6 Å². The predicted octanol–water partition coefficient (Wildman–Crippen LogP) is 5.90. The fourth-order valence-electron chi connectivity index (χ4n) is 3.09. The molecular weight excluding hydrogens is 320 g/mol. The van der Waals surface area contributed by atoms with Gasteiger partial charge in [-0.25, -0.2) is 4.39 Å². The van der Waals surface area contributed by atoms with E-state index in [2.05, 4.69) is 0 Å². The molecule has 0 fully saturated rings. The van der Waals surface area contributed by atoms with Crippen LogP contribution in [0.25, 0.3) is 0 Å². The molecule has 0 saturated heterocycles. The molecule has 126 valence electrons. The maximum atomic E-state index is 14.1. The van der Waals surface area contributed by atoms with Crippen LogP contribution in [0.1, 0.15) is 46.0 Å².